The summed E-state index contributed by atoms with van der Waals surface area (Å²) in [5.74, 6) is -0.732. The number of aliphatic carboxylic acids is 1. The zero-order valence-corrected chi connectivity index (χ0v) is 11.0. The summed E-state index contributed by atoms with van der Waals surface area (Å²) in [6.45, 7) is 7.07. The smallest absolute Gasteiger partial charge is 0.303 e. The van der Waals surface area contributed by atoms with Crippen molar-refractivity contribution in [3.8, 4) is 0 Å². The highest BCUT2D eigenvalue weighted by Crippen LogP contribution is 2.16. The Morgan fingerprint density at radius 3 is 3.00 bits per heavy atom. The van der Waals surface area contributed by atoms with E-state index in [-0.39, 0.29) is 12.5 Å². The number of hydrogen-bond donors (Lipinski definition) is 1. The SMILES string of the molecule is CCCCC(C)N1CCO[C@@H](CCC(=O)O)C1. The lowest BCUT2D eigenvalue weighted by Crippen LogP contribution is -2.46. The second-order valence-electron chi connectivity index (χ2n) is 4.91. The van der Waals surface area contributed by atoms with Gasteiger partial charge >= 0.3 is 5.97 Å². The van der Waals surface area contributed by atoms with Gasteiger partial charge in [-0.3, -0.25) is 9.69 Å². The van der Waals surface area contributed by atoms with Crippen molar-refractivity contribution in [3.63, 3.8) is 0 Å². The minimum atomic E-state index is -0.732. The Morgan fingerprint density at radius 2 is 2.35 bits per heavy atom. The number of carboxylic acid groups (broad SMARTS) is 1. The maximum atomic E-state index is 10.5. The molecule has 0 aromatic heterocycles. The van der Waals surface area contributed by atoms with Crippen molar-refractivity contribution in [3.05, 3.63) is 0 Å². The van der Waals surface area contributed by atoms with Crippen LogP contribution in [0.4, 0.5) is 0 Å². The van der Waals surface area contributed by atoms with Gasteiger partial charge in [0.1, 0.15) is 0 Å². The summed E-state index contributed by atoms with van der Waals surface area (Å²) < 4.78 is 5.61. The molecule has 0 spiro atoms. The first-order chi connectivity index (χ1) is 8.13. The van der Waals surface area contributed by atoms with Crippen LogP contribution in [0.5, 0.6) is 0 Å². The van der Waals surface area contributed by atoms with Gasteiger partial charge in [0.25, 0.3) is 0 Å². The van der Waals surface area contributed by atoms with Crippen LogP contribution in [-0.4, -0.2) is 47.8 Å². The van der Waals surface area contributed by atoms with Crippen LogP contribution in [0, 0.1) is 0 Å². The van der Waals surface area contributed by atoms with Gasteiger partial charge in [-0.25, -0.2) is 0 Å². The van der Waals surface area contributed by atoms with E-state index in [1.807, 2.05) is 0 Å². The molecule has 1 aliphatic heterocycles. The van der Waals surface area contributed by atoms with Gasteiger partial charge in [-0.1, -0.05) is 19.8 Å². The van der Waals surface area contributed by atoms with Crippen LogP contribution in [-0.2, 0) is 9.53 Å². The maximum Gasteiger partial charge on any atom is 0.303 e. The monoisotopic (exact) mass is 243 g/mol. The number of rotatable bonds is 7. The Balaban J connectivity index is 2.29. The molecule has 1 unspecified atom stereocenters. The standard InChI is InChI=1S/C13H25NO3/c1-3-4-5-11(2)14-8-9-17-12(10-14)6-7-13(15)16/h11-12H,3-10H2,1-2H3,(H,15,16)/t11?,12-/m0/s1. The molecule has 1 rings (SSSR count). The molecule has 1 aliphatic rings. The minimum absolute atomic E-state index is 0.101. The van der Waals surface area contributed by atoms with Crippen LogP contribution in [0.25, 0.3) is 0 Å². The van der Waals surface area contributed by atoms with E-state index < -0.39 is 5.97 Å². The third kappa shape index (κ3) is 5.50. The number of hydrogen-bond acceptors (Lipinski definition) is 3. The molecule has 17 heavy (non-hydrogen) atoms. The number of ether oxygens (including phenoxy) is 1. The van der Waals surface area contributed by atoms with Crippen LogP contribution in [0.2, 0.25) is 0 Å². The first-order valence-corrected chi connectivity index (χ1v) is 6.71. The molecule has 0 amide bonds. The van der Waals surface area contributed by atoms with E-state index in [4.69, 9.17) is 9.84 Å². The molecule has 2 atom stereocenters. The van der Waals surface area contributed by atoms with E-state index in [1.54, 1.807) is 0 Å². The molecule has 1 fully saturated rings. The Kier molecular flexibility index (Phi) is 6.52. The topological polar surface area (TPSA) is 49.8 Å². The molecule has 0 saturated carbocycles. The second kappa shape index (κ2) is 7.67. The Hall–Kier alpha value is -0.610. The van der Waals surface area contributed by atoms with Crippen molar-refractivity contribution in [2.45, 2.75) is 58.1 Å². The second-order valence-corrected chi connectivity index (χ2v) is 4.91. The van der Waals surface area contributed by atoms with Gasteiger partial charge in [-0.15, -0.1) is 0 Å². The molecular weight excluding hydrogens is 218 g/mol. The summed E-state index contributed by atoms with van der Waals surface area (Å²) in [5.41, 5.74) is 0. The molecule has 4 heteroatoms. The van der Waals surface area contributed by atoms with Gasteiger partial charge in [0.2, 0.25) is 0 Å². The average Bonchev–Trinajstić information content (AvgIpc) is 2.33. The molecule has 0 aromatic carbocycles. The van der Waals surface area contributed by atoms with Crippen LogP contribution >= 0.6 is 0 Å². The molecule has 100 valence electrons. The van der Waals surface area contributed by atoms with E-state index in [0.717, 1.165) is 19.7 Å². The summed E-state index contributed by atoms with van der Waals surface area (Å²) in [5, 5.41) is 8.67. The van der Waals surface area contributed by atoms with Gasteiger partial charge in [-0.2, -0.15) is 0 Å². The van der Waals surface area contributed by atoms with Gasteiger partial charge in [0.15, 0.2) is 0 Å². The molecule has 0 bridgehead atoms. The van der Waals surface area contributed by atoms with E-state index in [9.17, 15) is 4.79 Å². The van der Waals surface area contributed by atoms with Crippen LogP contribution in [0.1, 0.15) is 46.0 Å². The van der Waals surface area contributed by atoms with Crippen LogP contribution in [0.15, 0.2) is 0 Å². The van der Waals surface area contributed by atoms with Gasteiger partial charge in [-0.05, 0) is 19.8 Å². The third-order valence-corrected chi connectivity index (χ3v) is 3.45. The summed E-state index contributed by atoms with van der Waals surface area (Å²) in [6, 6.07) is 0.589. The predicted octanol–water partition coefficient (Wildman–Crippen LogP) is 2.13. The number of unbranched alkanes of at least 4 members (excludes halogenated alkanes) is 1. The fourth-order valence-electron chi connectivity index (χ4n) is 2.28. The lowest BCUT2D eigenvalue weighted by molar-refractivity contribution is -0.138. The summed E-state index contributed by atoms with van der Waals surface area (Å²) in [6.07, 6.45) is 4.66. The molecule has 1 heterocycles. The Labute approximate surface area is 104 Å². The largest absolute Gasteiger partial charge is 0.481 e. The van der Waals surface area contributed by atoms with Crippen molar-refractivity contribution in [1.29, 1.82) is 0 Å². The van der Waals surface area contributed by atoms with E-state index in [2.05, 4.69) is 18.7 Å². The van der Waals surface area contributed by atoms with E-state index >= 15 is 0 Å². The number of carbonyl (C=O) groups is 1. The molecule has 4 nitrogen and oxygen atoms in total. The molecule has 1 N–H and O–H groups in total. The molecule has 1 saturated heterocycles. The zero-order chi connectivity index (χ0) is 12.7. The quantitative estimate of drug-likeness (QED) is 0.744. The fraction of sp³-hybridized carbons (Fsp3) is 0.923. The van der Waals surface area contributed by atoms with Crippen LogP contribution in [0.3, 0.4) is 0 Å². The van der Waals surface area contributed by atoms with Gasteiger partial charge in [0.05, 0.1) is 12.7 Å². The highest BCUT2D eigenvalue weighted by atomic mass is 16.5. The predicted molar refractivity (Wildman–Crippen MR) is 67.2 cm³/mol. The minimum Gasteiger partial charge on any atom is -0.481 e. The fourth-order valence-corrected chi connectivity index (χ4v) is 2.28. The Morgan fingerprint density at radius 1 is 1.59 bits per heavy atom. The number of carboxylic acids is 1. The highest BCUT2D eigenvalue weighted by Gasteiger charge is 2.24. The summed E-state index contributed by atoms with van der Waals surface area (Å²) >= 11 is 0. The van der Waals surface area contributed by atoms with E-state index in [0.29, 0.717) is 12.5 Å². The summed E-state index contributed by atoms with van der Waals surface area (Å²) in [4.78, 5) is 13.0. The lowest BCUT2D eigenvalue weighted by atomic mass is 10.1. The normalized spacial score (nSPS) is 23.5. The lowest BCUT2D eigenvalue weighted by Gasteiger charge is -2.36. The molecular formula is C13H25NO3. The summed E-state index contributed by atoms with van der Waals surface area (Å²) in [7, 11) is 0. The van der Waals surface area contributed by atoms with Crippen molar-refractivity contribution in [1.82, 2.24) is 4.90 Å². The van der Waals surface area contributed by atoms with Gasteiger partial charge < -0.3 is 9.84 Å². The molecule has 0 aliphatic carbocycles. The first-order valence-electron chi connectivity index (χ1n) is 6.71. The Bertz CT molecular complexity index is 233. The van der Waals surface area contributed by atoms with Crippen molar-refractivity contribution >= 4 is 5.97 Å². The van der Waals surface area contributed by atoms with Crippen molar-refractivity contribution in [2.75, 3.05) is 19.7 Å². The van der Waals surface area contributed by atoms with Crippen LogP contribution < -0.4 is 0 Å². The first kappa shape index (κ1) is 14.5. The highest BCUT2D eigenvalue weighted by molar-refractivity contribution is 5.66. The zero-order valence-electron chi connectivity index (χ0n) is 11.0. The molecule has 0 aromatic rings. The van der Waals surface area contributed by atoms with E-state index in [1.165, 1.54) is 19.3 Å². The third-order valence-electron chi connectivity index (χ3n) is 3.45. The van der Waals surface area contributed by atoms with Gasteiger partial charge in [0, 0.05) is 25.6 Å². The number of morpholine rings is 1. The van der Waals surface area contributed by atoms with Crippen molar-refractivity contribution in [2.24, 2.45) is 0 Å². The van der Waals surface area contributed by atoms with Crippen molar-refractivity contribution < 1.29 is 14.6 Å². The molecule has 0 radical (unpaired) electrons. The average molecular weight is 243 g/mol. The maximum absolute atomic E-state index is 10.5. The number of nitrogens with zero attached hydrogens (tertiary/aromatic N) is 1.